The molecule has 0 spiro atoms. The lowest BCUT2D eigenvalue weighted by molar-refractivity contribution is -0.144. The molecule has 0 bridgehead atoms. The van der Waals surface area contributed by atoms with Crippen molar-refractivity contribution in [2.45, 2.75) is 36.7 Å². The molecule has 26 heavy (non-hydrogen) atoms. The van der Waals surface area contributed by atoms with Crippen LogP contribution in [0.15, 0.2) is 21.9 Å². The smallest absolute Gasteiger partial charge is 0.330 e. The lowest BCUT2D eigenvalue weighted by Crippen LogP contribution is -2.50. The topological polar surface area (TPSA) is 217 Å². The maximum atomic E-state index is 11.7. The van der Waals surface area contributed by atoms with Crippen LogP contribution >= 0.6 is 0 Å². The number of hydrogen-bond donors (Lipinski definition) is 7. The summed E-state index contributed by atoms with van der Waals surface area (Å²) in [6.45, 7) is -0.422. The van der Waals surface area contributed by atoms with E-state index < -0.39 is 66.4 Å². The highest BCUT2D eigenvalue weighted by Crippen LogP contribution is 2.27. The molecule has 1 aromatic rings. The molecule has 1 aromatic heterocycles. The van der Waals surface area contributed by atoms with Crippen LogP contribution in [0.4, 0.5) is 0 Å². The van der Waals surface area contributed by atoms with E-state index in [9.17, 15) is 39.6 Å². The number of aromatic nitrogens is 2. The van der Waals surface area contributed by atoms with Crippen molar-refractivity contribution in [2.24, 2.45) is 5.73 Å². The highest BCUT2D eigenvalue weighted by molar-refractivity contribution is 5.89. The number of nitrogens with two attached hydrogens (primary N) is 1. The summed E-state index contributed by atoms with van der Waals surface area (Å²) in [5.74, 6) is -2.47. The number of nitrogens with one attached hydrogen (secondary N) is 2. The monoisotopic (exact) mass is 374 g/mol. The average Bonchev–Trinajstić information content (AvgIpc) is 2.86. The second kappa shape index (κ2) is 7.76. The van der Waals surface area contributed by atoms with Crippen LogP contribution in [0.5, 0.6) is 0 Å². The quantitative estimate of drug-likeness (QED) is 0.252. The van der Waals surface area contributed by atoms with Crippen molar-refractivity contribution >= 4 is 11.8 Å². The maximum Gasteiger partial charge on any atom is 0.330 e. The summed E-state index contributed by atoms with van der Waals surface area (Å²) in [5, 5.41) is 40.8. The van der Waals surface area contributed by atoms with Crippen molar-refractivity contribution < 1.29 is 34.8 Å². The number of carbonyl (C=O) groups excluding carboxylic acids is 2. The van der Waals surface area contributed by atoms with Gasteiger partial charge in [0.05, 0.1) is 0 Å². The number of rotatable bonds is 6. The highest BCUT2D eigenvalue weighted by atomic mass is 16.6. The summed E-state index contributed by atoms with van der Waals surface area (Å²) in [4.78, 5) is 47.2. The van der Waals surface area contributed by atoms with Gasteiger partial charge in [-0.2, -0.15) is 0 Å². The maximum absolute atomic E-state index is 11.7. The van der Waals surface area contributed by atoms with Gasteiger partial charge in [-0.25, -0.2) is 4.79 Å². The van der Waals surface area contributed by atoms with Crippen LogP contribution in [0.2, 0.25) is 0 Å². The number of H-pyrrole nitrogens is 1. The zero-order valence-corrected chi connectivity index (χ0v) is 13.2. The molecule has 0 radical (unpaired) electrons. The van der Waals surface area contributed by atoms with Crippen LogP contribution in [0, 0.1) is 0 Å². The van der Waals surface area contributed by atoms with Crippen molar-refractivity contribution in [3.63, 3.8) is 0 Å². The SMILES string of the molecule is NC(=O)[C@@H](O)[C@H](O)C(=O)NC[C@H]1O[C@@H](n2ccc(=O)[nH]c2=O)[C@H](O)[C@@H]1O. The van der Waals surface area contributed by atoms with E-state index in [1.807, 2.05) is 4.98 Å². The minimum absolute atomic E-state index is 0.422. The van der Waals surface area contributed by atoms with Gasteiger partial charge in [-0.05, 0) is 0 Å². The van der Waals surface area contributed by atoms with Gasteiger partial charge in [-0.3, -0.25) is 23.9 Å². The number of primary amides is 1. The van der Waals surface area contributed by atoms with E-state index >= 15 is 0 Å². The number of aromatic amines is 1. The van der Waals surface area contributed by atoms with Gasteiger partial charge in [0, 0.05) is 18.8 Å². The first kappa shape index (κ1) is 19.7. The Hall–Kier alpha value is -2.58. The Bertz CT molecular complexity index is 790. The standard InChI is InChI=1S/C13H18N4O9/c14-10(23)7(20)8(21)11(24)15-3-4-6(19)9(22)12(26-4)17-2-1-5(18)16-13(17)25/h1-2,4,6-9,12,19-22H,3H2,(H2,14,23)(H,15,24)(H,16,18,25)/t4-,6-,7+,8+,9-,12-/m1/s1. The van der Waals surface area contributed by atoms with Gasteiger partial charge in [0.15, 0.2) is 18.4 Å². The summed E-state index contributed by atoms with van der Waals surface area (Å²) in [6.07, 6.45) is -8.78. The highest BCUT2D eigenvalue weighted by Gasteiger charge is 2.44. The van der Waals surface area contributed by atoms with E-state index in [1.165, 1.54) is 0 Å². The molecule has 2 heterocycles. The van der Waals surface area contributed by atoms with Gasteiger partial charge >= 0.3 is 5.69 Å². The number of carbonyl (C=O) groups is 2. The van der Waals surface area contributed by atoms with Crippen molar-refractivity contribution in [2.75, 3.05) is 6.54 Å². The molecule has 0 aromatic carbocycles. The number of ether oxygens (including phenoxy) is 1. The third-order valence-electron chi connectivity index (χ3n) is 3.80. The molecule has 1 fully saturated rings. The van der Waals surface area contributed by atoms with E-state index in [4.69, 9.17) is 10.5 Å². The number of nitrogens with zero attached hydrogens (tertiary/aromatic N) is 1. The molecular weight excluding hydrogens is 356 g/mol. The molecule has 1 aliphatic rings. The number of amides is 2. The Morgan fingerprint density at radius 1 is 1.27 bits per heavy atom. The van der Waals surface area contributed by atoms with Crippen LogP contribution in [0.3, 0.4) is 0 Å². The van der Waals surface area contributed by atoms with Crippen molar-refractivity contribution in [1.29, 1.82) is 0 Å². The van der Waals surface area contributed by atoms with Crippen LogP contribution in [0.25, 0.3) is 0 Å². The second-order valence-corrected chi connectivity index (χ2v) is 5.60. The van der Waals surface area contributed by atoms with Crippen molar-refractivity contribution in [1.82, 2.24) is 14.9 Å². The van der Waals surface area contributed by atoms with Crippen molar-refractivity contribution in [3.05, 3.63) is 33.1 Å². The summed E-state index contributed by atoms with van der Waals surface area (Å²) >= 11 is 0. The third-order valence-corrected chi connectivity index (χ3v) is 3.80. The summed E-state index contributed by atoms with van der Waals surface area (Å²) < 4.78 is 6.17. The van der Waals surface area contributed by atoms with Gasteiger partial charge in [-0.15, -0.1) is 0 Å². The zero-order valence-electron chi connectivity index (χ0n) is 13.2. The average molecular weight is 374 g/mol. The van der Waals surface area contributed by atoms with Crippen LogP contribution in [0.1, 0.15) is 6.23 Å². The molecule has 13 nitrogen and oxygen atoms in total. The van der Waals surface area contributed by atoms with E-state index in [0.29, 0.717) is 0 Å². The fraction of sp³-hybridized carbons (Fsp3) is 0.538. The predicted octanol–water partition coefficient (Wildman–Crippen LogP) is -5.52. The Labute approximate surface area is 144 Å². The van der Waals surface area contributed by atoms with Gasteiger partial charge in [0.2, 0.25) is 5.91 Å². The summed E-state index contributed by atoms with van der Waals surface area (Å²) in [5.41, 5.74) is 3.22. The van der Waals surface area contributed by atoms with Crippen LogP contribution in [-0.2, 0) is 14.3 Å². The van der Waals surface area contributed by atoms with Crippen molar-refractivity contribution in [3.8, 4) is 0 Å². The Balaban J connectivity index is 2.03. The molecule has 13 heteroatoms. The van der Waals surface area contributed by atoms with E-state index in [0.717, 1.165) is 16.8 Å². The normalized spacial score (nSPS) is 27.7. The molecule has 0 unspecified atom stereocenters. The Morgan fingerprint density at radius 2 is 1.92 bits per heavy atom. The van der Waals surface area contributed by atoms with Crippen LogP contribution in [-0.4, -0.2) is 78.9 Å². The Morgan fingerprint density at radius 3 is 2.50 bits per heavy atom. The molecule has 0 saturated carbocycles. The minimum Gasteiger partial charge on any atom is -0.387 e. The molecule has 8 N–H and O–H groups in total. The number of aliphatic hydroxyl groups is 4. The molecule has 0 aliphatic carbocycles. The minimum atomic E-state index is -2.13. The summed E-state index contributed by atoms with van der Waals surface area (Å²) in [7, 11) is 0. The fourth-order valence-electron chi connectivity index (χ4n) is 2.36. The lowest BCUT2D eigenvalue weighted by atomic mass is 10.1. The zero-order chi connectivity index (χ0) is 19.6. The number of hydrogen-bond acceptors (Lipinski definition) is 9. The third kappa shape index (κ3) is 3.97. The van der Waals surface area contributed by atoms with Gasteiger partial charge in [0.1, 0.15) is 18.3 Å². The van der Waals surface area contributed by atoms with E-state index in [-0.39, 0.29) is 0 Å². The first-order valence-electron chi connectivity index (χ1n) is 7.39. The fourth-order valence-corrected chi connectivity index (χ4v) is 2.36. The van der Waals surface area contributed by atoms with Crippen LogP contribution < -0.4 is 22.3 Å². The first-order chi connectivity index (χ1) is 12.1. The van der Waals surface area contributed by atoms with E-state index in [2.05, 4.69) is 5.32 Å². The molecule has 6 atom stereocenters. The largest absolute Gasteiger partial charge is 0.387 e. The molecule has 2 amide bonds. The van der Waals surface area contributed by atoms with Gasteiger partial charge < -0.3 is 36.2 Å². The molecule has 144 valence electrons. The van der Waals surface area contributed by atoms with Gasteiger partial charge in [0.25, 0.3) is 11.5 Å². The second-order valence-electron chi connectivity index (χ2n) is 5.60. The Kier molecular flexibility index (Phi) is 5.89. The van der Waals surface area contributed by atoms with Gasteiger partial charge in [-0.1, -0.05) is 0 Å². The molecule has 1 aliphatic heterocycles. The molecule has 2 rings (SSSR count). The molecular formula is C13H18N4O9. The molecule has 1 saturated heterocycles. The lowest BCUT2D eigenvalue weighted by Gasteiger charge is -2.18. The number of aliphatic hydroxyl groups excluding tert-OH is 4. The summed E-state index contributed by atoms with van der Waals surface area (Å²) in [6, 6.07) is 1.01. The first-order valence-corrected chi connectivity index (χ1v) is 7.39. The predicted molar refractivity (Wildman–Crippen MR) is 81.5 cm³/mol. The van der Waals surface area contributed by atoms with E-state index in [1.54, 1.807) is 0 Å².